The van der Waals surface area contributed by atoms with Gasteiger partial charge in [0.15, 0.2) is 0 Å². The van der Waals surface area contributed by atoms with Crippen LogP contribution in [0.25, 0.3) is 0 Å². The highest BCUT2D eigenvalue weighted by Gasteiger charge is 2.20. The second-order valence-corrected chi connectivity index (χ2v) is 2.59. The van der Waals surface area contributed by atoms with Crippen molar-refractivity contribution in [2.45, 2.75) is 25.4 Å². The van der Waals surface area contributed by atoms with Crippen molar-refractivity contribution in [3.8, 4) is 0 Å². The van der Waals surface area contributed by atoms with E-state index in [2.05, 4.69) is 0 Å². The van der Waals surface area contributed by atoms with E-state index < -0.39 is 6.03 Å². The number of nitrogens with two attached hydrogens (primary N) is 2. The molecule has 1 unspecified atom stereocenters. The quantitative estimate of drug-likeness (QED) is 0.494. The van der Waals surface area contributed by atoms with Crippen molar-refractivity contribution < 1.29 is 4.79 Å². The standard InChI is InChI=1S/C6H13N3O/c7-5-3-1-2-4-9(5)6(8)10/h5H,1-4,7H2,(H2,8,10). The van der Waals surface area contributed by atoms with Crippen molar-refractivity contribution in [2.24, 2.45) is 11.5 Å². The lowest BCUT2D eigenvalue weighted by Gasteiger charge is -2.31. The predicted octanol–water partition coefficient (Wildman–Crippen LogP) is -0.164. The van der Waals surface area contributed by atoms with Crippen LogP contribution in [0.15, 0.2) is 0 Å². The number of carbonyl (C=O) groups excluding carboxylic acids is 1. The fraction of sp³-hybridized carbons (Fsp3) is 0.833. The van der Waals surface area contributed by atoms with Gasteiger partial charge in [0.2, 0.25) is 0 Å². The number of amides is 2. The highest BCUT2D eigenvalue weighted by atomic mass is 16.2. The summed E-state index contributed by atoms with van der Waals surface area (Å²) >= 11 is 0. The minimum absolute atomic E-state index is 0.147. The fourth-order valence-corrected chi connectivity index (χ4v) is 1.23. The monoisotopic (exact) mass is 143 g/mol. The van der Waals surface area contributed by atoms with Crippen LogP contribution in [0.5, 0.6) is 0 Å². The molecule has 0 aromatic heterocycles. The maximum absolute atomic E-state index is 10.6. The molecule has 1 atom stereocenters. The zero-order chi connectivity index (χ0) is 7.56. The zero-order valence-electron chi connectivity index (χ0n) is 5.92. The number of hydrogen-bond acceptors (Lipinski definition) is 2. The van der Waals surface area contributed by atoms with Gasteiger partial charge in [-0.1, -0.05) is 0 Å². The lowest BCUT2D eigenvalue weighted by molar-refractivity contribution is 0.162. The molecule has 1 rings (SSSR count). The molecule has 1 saturated heterocycles. The Morgan fingerprint density at radius 2 is 2.20 bits per heavy atom. The molecule has 0 spiro atoms. The zero-order valence-corrected chi connectivity index (χ0v) is 5.92. The molecule has 1 aliphatic rings. The molecule has 4 N–H and O–H groups in total. The number of urea groups is 1. The maximum Gasteiger partial charge on any atom is 0.316 e. The summed E-state index contributed by atoms with van der Waals surface area (Å²) in [4.78, 5) is 12.2. The molecule has 0 aliphatic carbocycles. The number of rotatable bonds is 0. The minimum atomic E-state index is -0.396. The van der Waals surface area contributed by atoms with Gasteiger partial charge >= 0.3 is 6.03 Å². The molecule has 1 fully saturated rings. The predicted molar refractivity (Wildman–Crippen MR) is 38.1 cm³/mol. The molecular formula is C6H13N3O. The number of piperidine rings is 1. The van der Waals surface area contributed by atoms with Gasteiger partial charge in [-0.05, 0) is 19.3 Å². The molecule has 58 valence electrons. The molecule has 1 heterocycles. The molecule has 1 aliphatic heterocycles. The van der Waals surface area contributed by atoms with Gasteiger partial charge < -0.3 is 16.4 Å². The van der Waals surface area contributed by atoms with E-state index in [4.69, 9.17) is 11.5 Å². The largest absolute Gasteiger partial charge is 0.351 e. The highest BCUT2D eigenvalue weighted by Crippen LogP contribution is 2.11. The Labute approximate surface area is 60.2 Å². The summed E-state index contributed by atoms with van der Waals surface area (Å²) in [7, 11) is 0. The fourth-order valence-electron chi connectivity index (χ4n) is 1.23. The first-order chi connectivity index (χ1) is 4.72. The third-order valence-electron chi connectivity index (χ3n) is 1.83. The van der Waals surface area contributed by atoms with E-state index in [1.54, 1.807) is 0 Å². The molecule has 4 nitrogen and oxygen atoms in total. The first-order valence-electron chi connectivity index (χ1n) is 3.53. The minimum Gasteiger partial charge on any atom is -0.351 e. The van der Waals surface area contributed by atoms with Crippen molar-refractivity contribution in [3.05, 3.63) is 0 Å². The highest BCUT2D eigenvalue weighted by molar-refractivity contribution is 5.72. The molecule has 0 radical (unpaired) electrons. The summed E-state index contributed by atoms with van der Waals surface area (Å²) in [5.41, 5.74) is 10.7. The van der Waals surface area contributed by atoms with Gasteiger partial charge in [-0.2, -0.15) is 0 Å². The Kier molecular flexibility index (Phi) is 2.11. The van der Waals surface area contributed by atoms with Crippen molar-refractivity contribution in [1.29, 1.82) is 0 Å². The van der Waals surface area contributed by atoms with Crippen molar-refractivity contribution in [2.75, 3.05) is 6.54 Å². The van der Waals surface area contributed by atoms with Crippen LogP contribution in [0.3, 0.4) is 0 Å². The number of hydrogen-bond donors (Lipinski definition) is 2. The van der Waals surface area contributed by atoms with E-state index in [0.29, 0.717) is 0 Å². The summed E-state index contributed by atoms with van der Waals surface area (Å²) in [6.07, 6.45) is 2.86. The molecule has 10 heavy (non-hydrogen) atoms. The Bertz CT molecular complexity index is 137. The summed E-state index contributed by atoms with van der Waals surface area (Å²) in [5, 5.41) is 0. The SMILES string of the molecule is NC(=O)N1CCCCC1N. The van der Waals surface area contributed by atoms with E-state index in [1.807, 2.05) is 0 Å². The molecule has 0 aromatic carbocycles. The van der Waals surface area contributed by atoms with E-state index in [9.17, 15) is 4.79 Å². The van der Waals surface area contributed by atoms with Gasteiger partial charge in [0.25, 0.3) is 0 Å². The van der Waals surface area contributed by atoms with Crippen LogP contribution in [0.1, 0.15) is 19.3 Å². The smallest absolute Gasteiger partial charge is 0.316 e. The third-order valence-corrected chi connectivity index (χ3v) is 1.83. The van der Waals surface area contributed by atoms with Crippen LogP contribution in [0.2, 0.25) is 0 Å². The van der Waals surface area contributed by atoms with E-state index in [0.717, 1.165) is 25.8 Å². The van der Waals surface area contributed by atoms with Gasteiger partial charge in [-0.15, -0.1) is 0 Å². The van der Waals surface area contributed by atoms with Crippen LogP contribution < -0.4 is 11.5 Å². The van der Waals surface area contributed by atoms with Crippen molar-refractivity contribution in [1.82, 2.24) is 4.90 Å². The summed E-state index contributed by atoms with van der Waals surface area (Å²) in [5.74, 6) is 0. The second-order valence-electron chi connectivity index (χ2n) is 2.59. The molecule has 0 aromatic rings. The molecule has 2 amide bonds. The summed E-state index contributed by atoms with van der Waals surface area (Å²) in [6.45, 7) is 0.719. The third kappa shape index (κ3) is 1.39. The number of primary amides is 1. The lowest BCUT2D eigenvalue weighted by atomic mass is 10.1. The summed E-state index contributed by atoms with van der Waals surface area (Å²) in [6, 6.07) is -0.396. The molecule has 4 heteroatoms. The van der Waals surface area contributed by atoms with Crippen molar-refractivity contribution >= 4 is 6.03 Å². The molecular weight excluding hydrogens is 130 g/mol. The first kappa shape index (κ1) is 7.34. The topological polar surface area (TPSA) is 72.4 Å². The second kappa shape index (κ2) is 2.88. The average Bonchev–Trinajstić information content (AvgIpc) is 1.88. The number of nitrogens with zero attached hydrogens (tertiary/aromatic N) is 1. The van der Waals surface area contributed by atoms with Gasteiger partial charge in [-0.3, -0.25) is 0 Å². The van der Waals surface area contributed by atoms with Crippen LogP contribution in [-0.4, -0.2) is 23.6 Å². The van der Waals surface area contributed by atoms with Crippen molar-refractivity contribution in [3.63, 3.8) is 0 Å². The van der Waals surface area contributed by atoms with Crippen LogP contribution in [0.4, 0.5) is 4.79 Å². The Hall–Kier alpha value is -0.770. The maximum atomic E-state index is 10.6. The van der Waals surface area contributed by atoms with E-state index >= 15 is 0 Å². The van der Waals surface area contributed by atoms with Gasteiger partial charge in [0.1, 0.15) is 0 Å². The Balaban J connectivity index is 2.47. The normalized spacial score (nSPS) is 26.5. The van der Waals surface area contributed by atoms with Gasteiger partial charge in [0.05, 0.1) is 6.17 Å². The van der Waals surface area contributed by atoms with E-state index in [-0.39, 0.29) is 6.17 Å². The van der Waals surface area contributed by atoms with E-state index in [1.165, 1.54) is 4.90 Å². The first-order valence-corrected chi connectivity index (χ1v) is 3.53. The van der Waals surface area contributed by atoms with Crippen LogP contribution >= 0.6 is 0 Å². The molecule has 0 saturated carbocycles. The molecule has 0 bridgehead atoms. The van der Waals surface area contributed by atoms with Crippen LogP contribution in [-0.2, 0) is 0 Å². The average molecular weight is 143 g/mol. The Morgan fingerprint density at radius 3 is 2.60 bits per heavy atom. The lowest BCUT2D eigenvalue weighted by Crippen LogP contribution is -2.50. The van der Waals surface area contributed by atoms with Gasteiger partial charge in [0, 0.05) is 6.54 Å². The summed E-state index contributed by atoms with van der Waals surface area (Å²) < 4.78 is 0. The van der Waals surface area contributed by atoms with Gasteiger partial charge in [-0.25, -0.2) is 4.79 Å². The van der Waals surface area contributed by atoms with Crippen LogP contribution in [0, 0.1) is 0 Å². The Morgan fingerprint density at radius 1 is 1.50 bits per heavy atom. The number of likely N-dealkylation sites (tertiary alicyclic amines) is 1. The number of carbonyl (C=O) groups is 1.